The van der Waals surface area contributed by atoms with Crippen LogP contribution in [0.1, 0.15) is 47.2 Å². The third-order valence-electron chi connectivity index (χ3n) is 6.20. The maximum Gasteiger partial charge on any atom is 0.272 e. The van der Waals surface area contributed by atoms with E-state index in [1.165, 1.54) is 24.7 Å². The highest BCUT2D eigenvalue weighted by Crippen LogP contribution is 2.36. The lowest BCUT2D eigenvalue weighted by molar-refractivity contribution is -0.131. The average Bonchev–Trinajstić information content (AvgIpc) is 3.33. The minimum atomic E-state index is -3.03. The number of ketones is 1. The monoisotopic (exact) mass is 529 g/mol. The highest BCUT2D eigenvalue weighted by molar-refractivity contribution is 6.31. The van der Waals surface area contributed by atoms with Crippen molar-refractivity contribution < 1.29 is 23.1 Å². The van der Waals surface area contributed by atoms with E-state index in [0.717, 1.165) is 6.92 Å². The molecule has 1 fully saturated rings. The molecule has 8 nitrogen and oxygen atoms in total. The summed E-state index contributed by atoms with van der Waals surface area (Å²) in [7, 11) is 0. The molecule has 4 rings (SSSR count). The molecule has 1 atom stereocenters. The van der Waals surface area contributed by atoms with Crippen molar-refractivity contribution >= 4 is 34.7 Å². The number of para-hydroxylation sites is 1. The van der Waals surface area contributed by atoms with Gasteiger partial charge in [0.25, 0.3) is 5.92 Å². The molecule has 2 aromatic heterocycles. The van der Waals surface area contributed by atoms with Gasteiger partial charge in [-0.05, 0) is 25.5 Å². The fourth-order valence-electron chi connectivity index (χ4n) is 4.10. The van der Waals surface area contributed by atoms with Crippen LogP contribution >= 0.6 is 11.6 Å². The summed E-state index contributed by atoms with van der Waals surface area (Å²) in [5, 5.41) is 5.99. The van der Waals surface area contributed by atoms with Crippen LogP contribution in [0.25, 0.3) is 0 Å². The summed E-state index contributed by atoms with van der Waals surface area (Å²) in [6.07, 6.45) is 4.70. The Morgan fingerprint density at radius 3 is 2.54 bits per heavy atom. The number of aryl methyl sites for hydroxylation is 1. The average molecular weight is 530 g/mol. The van der Waals surface area contributed by atoms with Crippen LogP contribution in [0, 0.1) is 12.3 Å². The number of alkyl halides is 2. The number of nitrogens with zero attached hydrogens (tertiary/aromatic N) is 3. The summed E-state index contributed by atoms with van der Waals surface area (Å²) in [6, 6.07) is 7.63. The van der Waals surface area contributed by atoms with Crippen LogP contribution in [0.4, 0.5) is 20.2 Å². The molecule has 1 saturated heterocycles. The van der Waals surface area contributed by atoms with Gasteiger partial charge in [0.15, 0.2) is 5.78 Å². The molecule has 1 amide bonds. The predicted molar refractivity (Wildman–Crippen MR) is 134 cm³/mol. The first-order valence-electron chi connectivity index (χ1n) is 11.6. The number of nitrogens with one attached hydrogen (secondary N) is 2. The highest BCUT2D eigenvalue weighted by atomic mass is 35.5. The lowest BCUT2D eigenvalue weighted by atomic mass is 9.80. The van der Waals surface area contributed by atoms with E-state index in [2.05, 4.69) is 25.6 Å². The van der Waals surface area contributed by atoms with Crippen molar-refractivity contribution in [2.24, 2.45) is 5.41 Å². The number of anilines is 2. The molecule has 0 bridgehead atoms. The Morgan fingerprint density at radius 1 is 1.16 bits per heavy atom. The zero-order valence-electron chi connectivity index (χ0n) is 20.4. The lowest BCUT2D eigenvalue weighted by Gasteiger charge is -2.25. The highest BCUT2D eigenvalue weighted by Gasteiger charge is 2.44. The molecular formula is C26H26ClF2N5O3. The van der Waals surface area contributed by atoms with Crippen molar-refractivity contribution in [1.29, 1.82) is 0 Å². The number of ether oxygens (including phenoxy) is 1. The van der Waals surface area contributed by atoms with Gasteiger partial charge in [0.05, 0.1) is 46.7 Å². The van der Waals surface area contributed by atoms with E-state index in [-0.39, 0.29) is 47.5 Å². The first kappa shape index (κ1) is 26.6. The minimum absolute atomic E-state index is 0.0190. The molecule has 0 saturated carbocycles. The first-order chi connectivity index (χ1) is 17.6. The first-order valence-corrected chi connectivity index (χ1v) is 12.0. The van der Waals surface area contributed by atoms with E-state index < -0.39 is 11.3 Å². The molecule has 1 aliphatic heterocycles. The molecule has 3 aromatic rings. The number of benzene rings is 1. The Bertz CT molecular complexity index is 1290. The van der Waals surface area contributed by atoms with Crippen LogP contribution in [0.15, 0.2) is 48.9 Å². The predicted octanol–water partition coefficient (Wildman–Crippen LogP) is 4.98. The Labute approximate surface area is 217 Å². The molecule has 0 radical (unpaired) electrons. The number of carbonyl (C=O) groups is 2. The summed E-state index contributed by atoms with van der Waals surface area (Å²) in [4.78, 5) is 38.4. The zero-order valence-corrected chi connectivity index (χ0v) is 21.1. The fourth-order valence-corrected chi connectivity index (χ4v) is 4.33. The number of hydrogen-bond acceptors (Lipinski definition) is 7. The summed E-state index contributed by atoms with van der Waals surface area (Å²) in [6.45, 7) is 3.05. The lowest BCUT2D eigenvalue weighted by Crippen LogP contribution is -2.43. The number of pyridine rings is 1. The van der Waals surface area contributed by atoms with Gasteiger partial charge >= 0.3 is 0 Å². The molecule has 0 unspecified atom stereocenters. The summed E-state index contributed by atoms with van der Waals surface area (Å²) in [5.41, 5.74) is 0.203. The van der Waals surface area contributed by atoms with Crippen LogP contribution in [0.3, 0.4) is 0 Å². The van der Waals surface area contributed by atoms with Gasteiger partial charge < -0.3 is 15.4 Å². The van der Waals surface area contributed by atoms with E-state index in [9.17, 15) is 18.4 Å². The number of aromatic nitrogens is 3. The van der Waals surface area contributed by atoms with Gasteiger partial charge in [0.2, 0.25) is 5.91 Å². The Hall–Kier alpha value is -3.50. The molecule has 0 spiro atoms. The van der Waals surface area contributed by atoms with Crippen molar-refractivity contribution in [3.63, 3.8) is 0 Å². The SMILES string of the molecule is Cc1ncc(C(=O)C[C@@]2(C(=O)NCc3ncc(Nc4ccccc4C(C)(F)F)cc3Cl)CCOC2)cn1. The fraction of sp³-hybridized carbons (Fsp3) is 0.346. The number of hydrogen-bond donors (Lipinski definition) is 2. The molecule has 1 aliphatic rings. The van der Waals surface area contributed by atoms with Gasteiger partial charge in [0.1, 0.15) is 5.82 Å². The molecule has 3 heterocycles. The van der Waals surface area contributed by atoms with E-state index in [0.29, 0.717) is 35.8 Å². The molecule has 0 aliphatic carbocycles. The maximum atomic E-state index is 13.9. The second-order valence-electron chi connectivity index (χ2n) is 9.10. The minimum Gasteiger partial charge on any atom is -0.380 e. The Kier molecular flexibility index (Phi) is 7.79. The van der Waals surface area contributed by atoms with E-state index in [1.54, 1.807) is 31.2 Å². The Balaban J connectivity index is 1.43. The van der Waals surface area contributed by atoms with Crippen molar-refractivity contribution in [3.8, 4) is 0 Å². The molecule has 1 aromatic carbocycles. The van der Waals surface area contributed by atoms with Crippen LogP contribution in [0.5, 0.6) is 0 Å². The normalized spacial score (nSPS) is 17.4. The van der Waals surface area contributed by atoms with Crippen LogP contribution in [-0.2, 0) is 22.0 Å². The van der Waals surface area contributed by atoms with Gasteiger partial charge in [-0.1, -0.05) is 29.8 Å². The van der Waals surface area contributed by atoms with Crippen molar-refractivity contribution in [2.75, 3.05) is 18.5 Å². The number of Topliss-reactive ketones (excluding diaryl/α,β-unsaturated/α-hetero) is 1. The van der Waals surface area contributed by atoms with Crippen molar-refractivity contribution in [1.82, 2.24) is 20.3 Å². The third-order valence-corrected chi connectivity index (χ3v) is 6.53. The second kappa shape index (κ2) is 10.9. The zero-order chi connectivity index (χ0) is 26.6. The van der Waals surface area contributed by atoms with Gasteiger partial charge in [-0.25, -0.2) is 18.7 Å². The molecule has 2 N–H and O–H groups in total. The van der Waals surface area contributed by atoms with Gasteiger partial charge in [-0.2, -0.15) is 0 Å². The molecule has 194 valence electrons. The van der Waals surface area contributed by atoms with E-state index >= 15 is 0 Å². The van der Waals surface area contributed by atoms with Gasteiger partial charge in [-0.15, -0.1) is 0 Å². The van der Waals surface area contributed by atoms with E-state index in [1.807, 2.05) is 0 Å². The van der Waals surface area contributed by atoms with E-state index in [4.69, 9.17) is 16.3 Å². The Morgan fingerprint density at radius 2 is 1.89 bits per heavy atom. The third kappa shape index (κ3) is 6.26. The van der Waals surface area contributed by atoms with Crippen LogP contribution in [0.2, 0.25) is 5.02 Å². The largest absolute Gasteiger partial charge is 0.380 e. The standard InChI is InChI=1S/C26H26ClF2N5O3/c1-16-30-11-17(12-31-16)23(35)10-26(7-8-37-15-26)24(36)33-14-22-20(27)9-18(13-32-22)34-21-6-4-3-5-19(21)25(2,28)29/h3-6,9,11-13,34H,7-8,10,14-15H2,1-2H3,(H,33,36)/t26-/m0/s1. The van der Waals surface area contributed by atoms with Crippen LogP contribution < -0.4 is 10.6 Å². The van der Waals surface area contributed by atoms with Gasteiger partial charge in [-0.3, -0.25) is 14.6 Å². The quantitative estimate of drug-likeness (QED) is 0.376. The summed E-state index contributed by atoms with van der Waals surface area (Å²) < 4.78 is 33.3. The second-order valence-corrected chi connectivity index (χ2v) is 9.50. The van der Waals surface area contributed by atoms with Gasteiger partial charge in [0, 0.05) is 43.6 Å². The summed E-state index contributed by atoms with van der Waals surface area (Å²) >= 11 is 6.39. The maximum absolute atomic E-state index is 13.9. The van der Waals surface area contributed by atoms with Crippen LogP contribution in [-0.4, -0.2) is 39.9 Å². The topological polar surface area (TPSA) is 106 Å². The molecule has 11 heteroatoms. The molecular weight excluding hydrogens is 504 g/mol. The summed E-state index contributed by atoms with van der Waals surface area (Å²) in [5.74, 6) is -3.07. The molecule has 37 heavy (non-hydrogen) atoms. The number of amides is 1. The van der Waals surface area contributed by atoms with Crippen molar-refractivity contribution in [3.05, 3.63) is 76.6 Å². The number of halogens is 3. The smallest absolute Gasteiger partial charge is 0.272 e. The number of rotatable bonds is 9. The number of carbonyl (C=O) groups excluding carboxylic acids is 2. The van der Waals surface area contributed by atoms with Crippen molar-refractivity contribution in [2.45, 2.75) is 39.2 Å².